The summed E-state index contributed by atoms with van der Waals surface area (Å²) in [5, 5.41) is 0. The molecule has 0 fully saturated rings. The molecule has 0 saturated carbocycles. The number of allylic oxidation sites excluding steroid dienone is 2. The van der Waals surface area contributed by atoms with E-state index < -0.39 is 0 Å². The monoisotopic (exact) mass is 274 g/mol. The SMILES string of the molecule is CCCCCC(=O)Oc1ccc(C)cc1CC=C(C)C. The van der Waals surface area contributed by atoms with Gasteiger partial charge in [0.2, 0.25) is 0 Å². The van der Waals surface area contributed by atoms with Crippen molar-refractivity contribution in [3.8, 4) is 5.75 Å². The lowest BCUT2D eigenvalue weighted by Gasteiger charge is -2.10. The van der Waals surface area contributed by atoms with E-state index in [1.165, 1.54) is 11.1 Å². The highest BCUT2D eigenvalue weighted by Crippen LogP contribution is 2.22. The third kappa shape index (κ3) is 6.05. The summed E-state index contributed by atoms with van der Waals surface area (Å²) >= 11 is 0. The van der Waals surface area contributed by atoms with E-state index in [1.54, 1.807) is 0 Å². The molecule has 2 heteroatoms. The fraction of sp³-hybridized carbons (Fsp3) is 0.500. The molecule has 0 aliphatic heterocycles. The fourth-order valence-electron chi connectivity index (χ4n) is 1.97. The number of aryl methyl sites for hydroxylation is 1. The molecule has 1 aromatic carbocycles. The quantitative estimate of drug-likeness (QED) is 0.303. The van der Waals surface area contributed by atoms with E-state index in [2.05, 4.69) is 39.8 Å². The number of esters is 1. The van der Waals surface area contributed by atoms with Crippen LogP contribution >= 0.6 is 0 Å². The third-order valence-corrected chi connectivity index (χ3v) is 3.15. The Labute approximate surface area is 122 Å². The Bertz CT molecular complexity index is 468. The van der Waals surface area contributed by atoms with Crippen LogP contribution in [0.5, 0.6) is 5.75 Å². The molecule has 0 aliphatic carbocycles. The van der Waals surface area contributed by atoms with E-state index in [1.807, 2.05) is 12.1 Å². The Hall–Kier alpha value is -1.57. The van der Waals surface area contributed by atoms with E-state index in [0.717, 1.165) is 31.2 Å². The predicted molar refractivity (Wildman–Crippen MR) is 84.1 cm³/mol. The minimum Gasteiger partial charge on any atom is -0.426 e. The highest BCUT2D eigenvalue weighted by Gasteiger charge is 2.09. The summed E-state index contributed by atoms with van der Waals surface area (Å²) in [5.74, 6) is 0.579. The first-order chi connectivity index (χ1) is 9.52. The largest absolute Gasteiger partial charge is 0.426 e. The van der Waals surface area contributed by atoms with Crippen LogP contribution in [0.15, 0.2) is 29.8 Å². The molecule has 2 nitrogen and oxygen atoms in total. The number of rotatable bonds is 7. The Balaban J connectivity index is 2.73. The van der Waals surface area contributed by atoms with Crippen LogP contribution in [-0.2, 0) is 11.2 Å². The lowest BCUT2D eigenvalue weighted by molar-refractivity contribution is -0.134. The van der Waals surface area contributed by atoms with Crippen LogP contribution in [0.1, 0.15) is 57.6 Å². The molecule has 0 N–H and O–H groups in total. The number of unbranched alkanes of at least 4 members (excludes halogenated alkanes) is 2. The molecule has 0 unspecified atom stereocenters. The second-order valence-corrected chi connectivity index (χ2v) is 5.53. The van der Waals surface area contributed by atoms with Crippen LogP contribution in [0.25, 0.3) is 0 Å². The first kappa shape index (κ1) is 16.5. The highest BCUT2D eigenvalue weighted by molar-refractivity contribution is 5.72. The van der Waals surface area contributed by atoms with Gasteiger partial charge in [0.25, 0.3) is 0 Å². The maximum atomic E-state index is 11.8. The summed E-state index contributed by atoms with van der Waals surface area (Å²) in [4.78, 5) is 11.8. The van der Waals surface area contributed by atoms with Gasteiger partial charge in [-0.25, -0.2) is 0 Å². The van der Waals surface area contributed by atoms with E-state index in [9.17, 15) is 4.79 Å². The average molecular weight is 274 g/mol. The van der Waals surface area contributed by atoms with Gasteiger partial charge in [-0.15, -0.1) is 0 Å². The van der Waals surface area contributed by atoms with Crippen LogP contribution in [0.3, 0.4) is 0 Å². The molecule has 0 saturated heterocycles. The number of benzene rings is 1. The number of hydrogen-bond donors (Lipinski definition) is 0. The maximum Gasteiger partial charge on any atom is 0.311 e. The maximum absolute atomic E-state index is 11.8. The topological polar surface area (TPSA) is 26.3 Å². The zero-order valence-corrected chi connectivity index (χ0v) is 13.2. The van der Waals surface area contributed by atoms with Gasteiger partial charge in [-0.2, -0.15) is 0 Å². The summed E-state index contributed by atoms with van der Waals surface area (Å²) in [6.07, 6.45) is 6.57. The average Bonchev–Trinajstić information content (AvgIpc) is 2.39. The van der Waals surface area contributed by atoms with Gasteiger partial charge in [0.15, 0.2) is 0 Å². The van der Waals surface area contributed by atoms with Gasteiger partial charge in [0, 0.05) is 6.42 Å². The molecule has 20 heavy (non-hydrogen) atoms. The van der Waals surface area contributed by atoms with Crippen molar-refractivity contribution in [3.63, 3.8) is 0 Å². The van der Waals surface area contributed by atoms with Gasteiger partial charge in [-0.1, -0.05) is 49.1 Å². The second kappa shape index (κ2) is 8.57. The molecule has 110 valence electrons. The van der Waals surface area contributed by atoms with Crippen molar-refractivity contribution in [1.82, 2.24) is 0 Å². The molecule has 0 spiro atoms. The molecule has 0 radical (unpaired) electrons. The molecule has 0 atom stereocenters. The molecular weight excluding hydrogens is 248 g/mol. The van der Waals surface area contributed by atoms with Crippen LogP contribution < -0.4 is 4.74 Å². The van der Waals surface area contributed by atoms with E-state index in [-0.39, 0.29) is 5.97 Å². The minimum absolute atomic E-state index is 0.124. The smallest absolute Gasteiger partial charge is 0.311 e. The zero-order chi connectivity index (χ0) is 15.0. The van der Waals surface area contributed by atoms with Crippen LogP contribution in [-0.4, -0.2) is 5.97 Å². The molecule has 0 heterocycles. The van der Waals surface area contributed by atoms with Gasteiger partial charge >= 0.3 is 5.97 Å². The lowest BCUT2D eigenvalue weighted by atomic mass is 10.1. The van der Waals surface area contributed by atoms with Gasteiger partial charge in [-0.3, -0.25) is 4.79 Å². The van der Waals surface area contributed by atoms with Crippen LogP contribution in [0.4, 0.5) is 0 Å². The van der Waals surface area contributed by atoms with Crippen LogP contribution in [0, 0.1) is 6.92 Å². The normalized spacial score (nSPS) is 10.2. The number of hydrogen-bond acceptors (Lipinski definition) is 2. The van der Waals surface area contributed by atoms with Gasteiger partial charge in [0.05, 0.1) is 0 Å². The lowest BCUT2D eigenvalue weighted by Crippen LogP contribution is -2.09. The summed E-state index contributed by atoms with van der Waals surface area (Å²) in [6.45, 7) is 8.33. The first-order valence-corrected chi connectivity index (χ1v) is 7.46. The predicted octanol–water partition coefficient (Wildman–Crippen LogP) is 4.99. The van der Waals surface area contributed by atoms with E-state index in [0.29, 0.717) is 12.2 Å². The Morgan fingerprint density at radius 1 is 1.25 bits per heavy atom. The second-order valence-electron chi connectivity index (χ2n) is 5.53. The van der Waals surface area contributed by atoms with Crippen LogP contribution in [0.2, 0.25) is 0 Å². The van der Waals surface area contributed by atoms with Crippen molar-refractivity contribution in [2.24, 2.45) is 0 Å². The van der Waals surface area contributed by atoms with Gasteiger partial charge in [-0.05, 0) is 45.2 Å². The number of carbonyl (C=O) groups excluding carboxylic acids is 1. The summed E-state index contributed by atoms with van der Waals surface area (Å²) < 4.78 is 5.51. The standard InChI is InChI=1S/C18H26O2/c1-5-6-7-8-18(19)20-17-12-10-15(4)13-16(17)11-9-14(2)3/h9-10,12-13H,5-8,11H2,1-4H3. The van der Waals surface area contributed by atoms with Crippen molar-refractivity contribution >= 4 is 5.97 Å². The molecular formula is C18H26O2. The summed E-state index contributed by atoms with van der Waals surface area (Å²) in [7, 11) is 0. The Morgan fingerprint density at radius 2 is 2.00 bits per heavy atom. The highest BCUT2D eigenvalue weighted by atomic mass is 16.5. The minimum atomic E-state index is -0.124. The first-order valence-electron chi connectivity index (χ1n) is 7.46. The van der Waals surface area contributed by atoms with Gasteiger partial charge in [0.1, 0.15) is 5.75 Å². The van der Waals surface area contributed by atoms with E-state index >= 15 is 0 Å². The summed E-state index contributed by atoms with van der Waals surface area (Å²) in [6, 6.07) is 5.98. The fourth-order valence-corrected chi connectivity index (χ4v) is 1.97. The summed E-state index contributed by atoms with van der Waals surface area (Å²) in [5.41, 5.74) is 3.54. The zero-order valence-electron chi connectivity index (χ0n) is 13.2. The number of carbonyl (C=O) groups is 1. The van der Waals surface area contributed by atoms with Crippen molar-refractivity contribution in [2.45, 2.75) is 59.8 Å². The van der Waals surface area contributed by atoms with Crippen molar-refractivity contribution in [3.05, 3.63) is 41.0 Å². The van der Waals surface area contributed by atoms with Crippen molar-refractivity contribution in [2.75, 3.05) is 0 Å². The van der Waals surface area contributed by atoms with Crippen molar-refractivity contribution in [1.29, 1.82) is 0 Å². The van der Waals surface area contributed by atoms with E-state index in [4.69, 9.17) is 4.74 Å². The number of ether oxygens (including phenoxy) is 1. The Morgan fingerprint density at radius 3 is 2.65 bits per heavy atom. The Kier molecular flexibility index (Phi) is 7.06. The molecule has 1 aromatic rings. The molecule has 0 amide bonds. The third-order valence-electron chi connectivity index (χ3n) is 3.15. The molecule has 1 rings (SSSR count). The van der Waals surface area contributed by atoms with Gasteiger partial charge < -0.3 is 4.74 Å². The molecule has 0 aromatic heterocycles. The molecule has 0 aliphatic rings. The molecule has 0 bridgehead atoms. The van der Waals surface area contributed by atoms with Crippen molar-refractivity contribution < 1.29 is 9.53 Å².